The molecule has 0 amide bonds. The lowest BCUT2D eigenvalue weighted by Gasteiger charge is -2.21. The van der Waals surface area contributed by atoms with E-state index in [1.807, 2.05) is 0 Å². The van der Waals surface area contributed by atoms with E-state index in [0.29, 0.717) is 19.1 Å². The van der Waals surface area contributed by atoms with E-state index in [4.69, 9.17) is 4.74 Å². The summed E-state index contributed by atoms with van der Waals surface area (Å²) in [4.78, 5) is 14.3. The van der Waals surface area contributed by atoms with Crippen LogP contribution in [0.4, 0.5) is 0 Å². The van der Waals surface area contributed by atoms with E-state index < -0.39 is 0 Å². The Kier molecular flexibility index (Phi) is 15.9. The molecule has 0 heterocycles. The summed E-state index contributed by atoms with van der Waals surface area (Å²) < 4.78 is 5.34. The van der Waals surface area contributed by atoms with Crippen molar-refractivity contribution in [2.24, 2.45) is 5.92 Å². The molecule has 0 radical (unpaired) electrons. The number of rotatable bonds is 16. The summed E-state index contributed by atoms with van der Waals surface area (Å²) >= 11 is 0. The third kappa shape index (κ3) is 16.1. The fraction of sp³-hybridized carbons (Fsp3) is 0.950. The van der Waals surface area contributed by atoms with Crippen LogP contribution in [0.15, 0.2) is 0 Å². The maximum atomic E-state index is 12.0. The van der Waals surface area contributed by atoms with Gasteiger partial charge in [0.15, 0.2) is 0 Å². The van der Waals surface area contributed by atoms with Gasteiger partial charge >= 0.3 is 5.97 Å². The van der Waals surface area contributed by atoms with Crippen molar-refractivity contribution in [2.75, 3.05) is 26.2 Å². The van der Waals surface area contributed by atoms with Crippen molar-refractivity contribution in [3.8, 4) is 0 Å². The van der Waals surface area contributed by atoms with Crippen LogP contribution in [0.3, 0.4) is 0 Å². The zero-order valence-corrected chi connectivity index (χ0v) is 16.2. The van der Waals surface area contributed by atoms with E-state index in [1.54, 1.807) is 0 Å². The Hall–Kier alpha value is -0.570. The summed E-state index contributed by atoms with van der Waals surface area (Å²) in [5, 5.41) is 0. The summed E-state index contributed by atoms with van der Waals surface area (Å²) in [6, 6.07) is 0. The Morgan fingerprint density at radius 2 is 1.30 bits per heavy atom. The lowest BCUT2D eigenvalue weighted by Crippen LogP contribution is -2.33. The van der Waals surface area contributed by atoms with E-state index in [0.717, 1.165) is 13.1 Å². The number of esters is 1. The quantitative estimate of drug-likeness (QED) is 0.280. The zero-order chi connectivity index (χ0) is 17.3. The van der Waals surface area contributed by atoms with Gasteiger partial charge in [0.2, 0.25) is 0 Å². The fourth-order valence-corrected chi connectivity index (χ4v) is 2.64. The first kappa shape index (κ1) is 22.4. The number of carbonyl (C=O) groups is 1. The van der Waals surface area contributed by atoms with Crippen molar-refractivity contribution in [3.05, 3.63) is 0 Å². The van der Waals surface area contributed by atoms with Crippen LogP contribution in [0, 0.1) is 5.92 Å². The SMILES string of the molecule is CCCCCCCN(CCCCCCC)CC(=O)OCC(C)C. The molecule has 0 saturated heterocycles. The van der Waals surface area contributed by atoms with Crippen LogP contribution in [0.1, 0.15) is 91.9 Å². The Morgan fingerprint density at radius 1 is 0.826 bits per heavy atom. The molecule has 0 aliphatic rings. The highest BCUT2D eigenvalue weighted by atomic mass is 16.5. The summed E-state index contributed by atoms with van der Waals surface area (Å²) in [5.41, 5.74) is 0. The molecule has 3 nitrogen and oxygen atoms in total. The first-order valence-corrected chi connectivity index (χ1v) is 9.98. The van der Waals surface area contributed by atoms with Gasteiger partial charge in [0.25, 0.3) is 0 Å². The third-order valence-corrected chi connectivity index (χ3v) is 4.09. The van der Waals surface area contributed by atoms with E-state index in [1.165, 1.54) is 64.2 Å². The molecule has 0 aromatic heterocycles. The molecule has 0 aliphatic heterocycles. The Balaban J connectivity index is 4.01. The highest BCUT2D eigenvalue weighted by Gasteiger charge is 2.12. The van der Waals surface area contributed by atoms with Gasteiger partial charge in [0.1, 0.15) is 0 Å². The average molecular weight is 328 g/mol. The van der Waals surface area contributed by atoms with Gasteiger partial charge in [-0.25, -0.2) is 0 Å². The van der Waals surface area contributed by atoms with Gasteiger partial charge in [-0.15, -0.1) is 0 Å². The third-order valence-electron chi connectivity index (χ3n) is 4.09. The summed E-state index contributed by atoms with van der Waals surface area (Å²) in [5.74, 6) is 0.358. The van der Waals surface area contributed by atoms with E-state index >= 15 is 0 Å². The number of hydrogen-bond acceptors (Lipinski definition) is 3. The molecule has 0 saturated carbocycles. The summed E-state index contributed by atoms with van der Waals surface area (Å²) in [6.45, 7) is 11.7. The van der Waals surface area contributed by atoms with Gasteiger partial charge in [-0.3, -0.25) is 9.69 Å². The number of ether oxygens (including phenoxy) is 1. The molecule has 138 valence electrons. The predicted molar refractivity (Wildman–Crippen MR) is 99.8 cm³/mol. The van der Waals surface area contributed by atoms with Crippen LogP contribution in [-0.4, -0.2) is 37.1 Å². The van der Waals surface area contributed by atoms with Gasteiger partial charge in [0, 0.05) is 0 Å². The minimum Gasteiger partial charge on any atom is -0.464 e. The van der Waals surface area contributed by atoms with Crippen molar-refractivity contribution in [3.63, 3.8) is 0 Å². The van der Waals surface area contributed by atoms with Gasteiger partial charge in [-0.05, 0) is 31.8 Å². The molecule has 0 fully saturated rings. The molecule has 0 aromatic rings. The fourth-order valence-electron chi connectivity index (χ4n) is 2.64. The number of nitrogens with zero attached hydrogens (tertiary/aromatic N) is 1. The van der Waals surface area contributed by atoms with Crippen LogP contribution in [0.25, 0.3) is 0 Å². The molecule has 0 N–H and O–H groups in total. The molecular weight excluding hydrogens is 286 g/mol. The molecule has 0 atom stereocenters. The standard InChI is InChI=1S/C20H41NO2/c1-5-7-9-11-13-15-21(16-14-12-10-8-6-2)17-20(22)23-18-19(3)4/h19H,5-18H2,1-4H3. The lowest BCUT2D eigenvalue weighted by atomic mass is 10.1. The summed E-state index contributed by atoms with van der Waals surface area (Å²) in [6.07, 6.45) is 12.8. The minimum absolute atomic E-state index is 0.0548. The molecular formula is C20H41NO2. The second-order valence-corrected chi connectivity index (χ2v) is 7.18. The van der Waals surface area contributed by atoms with Crippen molar-refractivity contribution < 1.29 is 9.53 Å². The van der Waals surface area contributed by atoms with Crippen LogP contribution < -0.4 is 0 Å². The van der Waals surface area contributed by atoms with E-state index in [-0.39, 0.29) is 5.97 Å². The van der Waals surface area contributed by atoms with Crippen LogP contribution in [-0.2, 0) is 9.53 Å². The average Bonchev–Trinajstić information content (AvgIpc) is 2.52. The predicted octanol–water partition coefficient (Wildman–Crippen LogP) is 5.43. The van der Waals surface area contributed by atoms with Crippen LogP contribution >= 0.6 is 0 Å². The largest absolute Gasteiger partial charge is 0.464 e. The van der Waals surface area contributed by atoms with Crippen molar-refractivity contribution in [1.29, 1.82) is 0 Å². The topological polar surface area (TPSA) is 29.5 Å². The van der Waals surface area contributed by atoms with Gasteiger partial charge in [-0.2, -0.15) is 0 Å². The van der Waals surface area contributed by atoms with E-state index in [9.17, 15) is 4.79 Å². The molecule has 0 bridgehead atoms. The monoisotopic (exact) mass is 327 g/mol. The van der Waals surface area contributed by atoms with Crippen molar-refractivity contribution in [2.45, 2.75) is 91.9 Å². The number of hydrogen-bond donors (Lipinski definition) is 0. The molecule has 0 rings (SSSR count). The first-order valence-electron chi connectivity index (χ1n) is 9.98. The lowest BCUT2D eigenvalue weighted by molar-refractivity contribution is -0.146. The smallest absolute Gasteiger partial charge is 0.320 e. The highest BCUT2D eigenvalue weighted by molar-refractivity contribution is 5.71. The summed E-state index contributed by atoms with van der Waals surface area (Å²) in [7, 11) is 0. The zero-order valence-electron chi connectivity index (χ0n) is 16.2. The van der Waals surface area contributed by atoms with Gasteiger partial charge in [-0.1, -0.05) is 79.1 Å². The van der Waals surface area contributed by atoms with Gasteiger partial charge in [0.05, 0.1) is 13.2 Å². The van der Waals surface area contributed by atoms with Gasteiger partial charge < -0.3 is 4.74 Å². The Bertz CT molecular complexity index is 252. The highest BCUT2D eigenvalue weighted by Crippen LogP contribution is 2.08. The van der Waals surface area contributed by atoms with Crippen LogP contribution in [0.5, 0.6) is 0 Å². The maximum absolute atomic E-state index is 12.0. The Morgan fingerprint density at radius 3 is 1.74 bits per heavy atom. The number of carbonyl (C=O) groups excluding carboxylic acids is 1. The molecule has 0 aromatic carbocycles. The second kappa shape index (κ2) is 16.3. The second-order valence-electron chi connectivity index (χ2n) is 7.18. The molecule has 0 spiro atoms. The van der Waals surface area contributed by atoms with Crippen molar-refractivity contribution >= 4 is 5.97 Å². The minimum atomic E-state index is -0.0548. The molecule has 23 heavy (non-hydrogen) atoms. The maximum Gasteiger partial charge on any atom is 0.320 e. The Labute approximate surface area is 145 Å². The molecule has 0 aliphatic carbocycles. The molecule has 3 heteroatoms. The number of unbranched alkanes of at least 4 members (excludes halogenated alkanes) is 8. The normalized spacial score (nSPS) is 11.4. The molecule has 0 unspecified atom stereocenters. The van der Waals surface area contributed by atoms with Crippen molar-refractivity contribution in [1.82, 2.24) is 4.90 Å². The first-order chi connectivity index (χ1) is 11.1. The van der Waals surface area contributed by atoms with E-state index in [2.05, 4.69) is 32.6 Å². The van der Waals surface area contributed by atoms with Crippen LogP contribution in [0.2, 0.25) is 0 Å².